The van der Waals surface area contributed by atoms with Crippen molar-refractivity contribution in [3.05, 3.63) is 33.8 Å². The fourth-order valence-corrected chi connectivity index (χ4v) is 3.34. The average Bonchev–Trinajstić information content (AvgIpc) is 2.74. The molecule has 1 aliphatic heterocycles. The summed E-state index contributed by atoms with van der Waals surface area (Å²) < 4.78 is 0. The second-order valence-corrected chi connectivity index (χ2v) is 6.53. The minimum atomic E-state index is -0.193. The van der Waals surface area contributed by atoms with Crippen LogP contribution >= 0.6 is 35.0 Å². The van der Waals surface area contributed by atoms with Crippen molar-refractivity contribution in [2.24, 2.45) is 0 Å². The van der Waals surface area contributed by atoms with Gasteiger partial charge in [0.15, 0.2) is 0 Å². The Kier molecular flexibility index (Phi) is 4.83. The SMILES string of the molecule is CN(C)C(=O)CN1C(=O)CS[C@H]1c1ccc(Cl)c(Cl)c1. The van der Waals surface area contributed by atoms with E-state index in [4.69, 9.17) is 23.2 Å². The zero-order valence-corrected chi connectivity index (χ0v) is 13.4. The Bertz CT molecular complexity index is 551. The molecule has 108 valence electrons. The molecule has 0 saturated carbocycles. The van der Waals surface area contributed by atoms with Gasteiger partial charge in [-0.3, -0.25) is 9.59 Å². The van der Waals surface area contributed by atoms with E-state index in [1.54, 1.807) is 31.1 Å². The molecule has 0 aliphatic carbocycles. The molecule has 2 rings (SSSR count). The average molecular weight is 333 g/mol. The van der Waals surface area contributed by atoms with Crippen molar-refractivity contribution < 1.29 is 9.59 Å². The van der Waals surface area contributed by atoms with E-state index in [0.29, 0.717) is 15.8 Å². The minimum Gasteiger partial charge on any atom is -0.347 e. The molecule has 1 fully saturated rings. The van der Waals surface area contributed by atoms with E-state index in [9.17, 15) is 9.59 Å². The van der Waals surface area contributed by atoms with E-state index in [-0.39, 0.29) is 23.7 Å². The number of benzene rings is 1. The van der Waals surface area contributed by atoms with Crippen molar-refractivity contribution >= 4 is 46.8 Å². The maximum absolute atomic E-state index is 11.9. The molecule has 1 heterocycles. The molecule has 1 atom stereocenters. The summed E-state index contributed by atoms with van der Waals surface area (Å²) in [7, 11) is 3.34. The highest BCUT2D eigenvalue weighted by atomic mass is 35.5. The van der Waals surface area contributed by atoms with Gasteiger partial charge in [0.25, 0.3) is 0 Å². The van der Waals surface area contributed by atoms with E-state index in [2.05, 4.69) is 0 Å². The van der Waals surface area contributed by atoms with Crippen molar-refractivity contribution in [1.82, 2.24) is 9.80 Å². The van der Waals surface area contributed by atoms with E-state index in [1.165, 1.54) is 16.7 Å². The van der Waals surface area contributed by atoms with Crippen LogP contribution in [-0.2, 0) is 9.59 Å². The van der Waals surface area contributed by atoms with Gasteiger partial charge in [0.1, 0.15) is 11.9 Å². The molecule has 2 amide bonds. The van der Waals surface area contributed by atoms with Gasteiger partial charge in [0.05, 0.1) is 15.8 Å². The Hall–Kier alpha value is -0.910. The Morgan fingerprint density at radius 1 is 1.40 bits per heavy atom. The van der Waals surface area contributed by atoms with Gasteiger partial charge in [-0.05, 0) is 17.7 Å². The van der Waals surface area contributed by atoms with Crippen LogP contribution in [-0.4, -0.2) is 48.0 Å². The lowest BCUT2D eigenvalue weighted by Crippen LogP contribution is -2.38. The summed E-state index contributed by atoms with van der Waals surface area (Å²) in [6, 6.07) is 5.28. The molecule has 1 saturated heterocycles. The third kappa shape index (κ3) is 3.22. The molecule has 0 N–H and O–H groups in total. The highest BCUT2D eigenvalue weighted by Crippen LogP contribution is 2.40. The molecule has 0 spiro atoms. The summed E-state index contributed by atoms with van der Waals surface area (Å²) in [4.78, 5) is 26.8. The molecule has 1 aromatic carbocycles. The van der Waals surface area contributed by atoms with Crippen molar-refractivity contribution in [2.45, 2.75) is 5.37 Å². The fourth-order valence-electron chi connectivity index (χ4n) is 1.85. The topological polar surface area (TPSA) is 40.6 Å². The van der Waals surface area contributed by atoms with Crippen LogP contribution in [0.1, 0.15) is 10.9 Å². The van der Waals surface area contributed by atoms with Crippen LogP contribution in [0.3, 0.4) is 0 Å². The molecule has 0 unspecified atom stereocenters. The van der Waals surface area contributed by atoms with Gasteiger partial charge >= 0.3 is 0 Å². The number of carbonyl (C=O) groups is 2. The first-order chi connectivity index (χ1) is 9.40. The summed E-state index contributed by atoms with van der Waals surface area (Å²) in [5.41, 5.74) is 0.877. The fraction of sp³-hybridized carbons (Fsp3) is 0.385. The second-order valence-electron chi connectivity index (χ2n) is 4.65. The predicted molar refractivity (Wildman–Crippen MR) is 82.1 cm³/mol. The maximum Gasteiger partial charge on any atom is 0.241 e. The molecule has 1 aliphatic rings. The Labute approximate surface area is 132 Å². The number of likely N-dealkylation sites (N-methyl/N-ethyl adjacent to an activating group) is 1. The lowest BCUT2D eigenvalue weighted by Gasteiger charge is -2.25. The van der Waals surface area contributed by atoms with Crippen molar-refractivity contribution in [3.8, 4) is 0 Å². The van der Waals surface area contributed by atoms with Gasteiger partial charge < -0.3 is 9.80 Å². The third-order valence-electron chi connectivity index (χ3n) is 3.00. The largest absolute Gasteiger partial charge is 0.347 e. The molecular weight excluding hydrogens is 319 g/mol. The summed E-state index contributed by atoms with van der Waals surface area (Å²) in [5.74, 6) is 0.221. The number of hydrogen-bond donors (Lipinski definition) is 0. The number of hydrogen-bond acceptors (Lipinski definition) is 3. The third-order valence-corrected chi connectivity index (χ3v) is 5.00. The molecule has 0 aromatic heterocycles. The number of carbonyl (C=O) groups excluding carboxylic acids is 2. The minimum absolute atomic E-state index is 0.0405. The van der Waals surface area contributed by atoms with Gasteiger partial charge in [-0.1, -0.05) is 29.3 Å². The van der Waals surface area contributed by atoms with Crippen LogP contribution in [0.25, 0.3) is 0 Å². The summed E-state index contributed by atoms with van der Waals surface area (Å²) in [6.07, 6.45) is 0. The van der Waals surface area contributed by atoms with Crippen LogP contribution in [0, 0.1) is 0 Å². The van der Waals surface area contributed by atoms with Crippen LogP contribution in [0.15, 0.2) is 18.2 Å². The number of halogens is 2. The Morgan fingerprint density at radius 3 is 2.70 bits per heavy atom. The van der Waals surface area contributed by atoms with E-state index < -0.39 is 0 Å². The van der Waals surface area contributed by atoms with Gasteiger partial charge in [-0.2, -0.15) is 0 Å². The predicted octanol–water partition coefficient (Wildman–Crippen LogP) is 2.66. The number of amides is 2. The van der Waals surface area contributed by atoms with E-state index in [1.807, 2.05) is 6.07 Å². The zero-order valence-electron chi connectivity index (χ0n) is 11.1. The van der Waals surface area contributed by atoms with Crippen LogP contribution < -0.4 is 0 Å². The second kappa shape index (κ2) is 6.24. The zero-order chi connectivity index (χ0) is 14.9. The number of rotatable bonds is 3. The highest BCUT2D eigenvalue weighted by Gasteiger charge is 2.34. The first-order valence-corrected chi connectivity index (χ1v) is 7.77. The van der Waals surface area contributed by atoms with Gasteiger partial charge in [-0.15, -0.1) is 11.8 Å². The van der Waals surface area contributed by atoms with E-state index in [0.717, 1.165) is 5.56 Å². The van der Waals surface area contributed by atoms with Crippen molar-refractivity contribution in [3.63, 3.8) is 0 Å². The van der Waals surface area contributed by atoms with Crippen molar-refractivity contribution in [1.29, 1.82) is 0 Å². The first-order valence-electron chi connectivity index (χ1n) is 5.96. The molecule has 0 bridgehead atoms. The van der Waals surface area contributed by atoms with Gasteiger partial charge in [-0.25, -0.2) is 0 Å². The summed E-state index contributed by atoms with van der Waals surface area (Å²) in [5, 5.41) is 0.727. The first kappa shape index (κ1) is 15.5. The smallest absolute Gasteiger partial charge is 0.241 e. The Balaban J connectivity index is 2.23. The molecule has 4 nitrogen and oxygen atoms in total. The van der Waals surface area contributed by atoms with Crippen molar-refractivity contribution in [2.75, 3.05) is 26.4 Å². The Morgan fingerprint density at radius 2 is 2.10 bits per heavy atom. The summed E-state index contributed by atoms with van der Waals surface area (Å²) >= 11 is 13.4. The molecule has 7 heteroatoms. The van der Waals surface area contributed by atoms with Crippen LogP contribution in [0.2, 0.25) is 10.0 Å². The van der Waals surface area contributed by atoms with Gasteiger partial charge in [0, 0.05) is 14.1 Å². The lowest BCUT2D eigenvalue weighted by molar-refractivity contribution is -0.137. The molecular formula is C13H14Cl2N2O2S. The van der Waals surface area contributed by atoms with Crippen LogP contribution in [0.4, 0.5) is 0 Å². The number of thioether (sulfide) groups is 1. The normalized spacial score (nSPS) is 18.5. The molecule has 20 heavy (non-hydrogen) atoms. The monoisotopic (exact) mass is 332 g/mol. The number of nitrogens with zero attached hydrogens (tertiary/aromatic N) is 2. The molecule has 0 radical (unpaired) electrons. The summed E-state index contributed by atoms with van der Waals surface area (Å²) in [6.45, 7) is 0.0732. The van der Waals surface area contributed by atoms with Gasteiger partial charge in [0.2, 0.25) is 11.8 Å². The van der Waals surface area contributed by atoms with Crippen LogP contribution in [0.5, 0.6) is 0 Å². The lowest BCUT2D eigenvalue weighted by atomic mass is 10.2. The highest BCUT2D eigenvalue weighted by molar-refractivity contribution is 8.00. The molecule has 1 aromatic rings. The maximum atomic E-state index is 11.9. The standard InChI is InChI=1S/C13H14Cl2N2O2S/c1-16(2)11(18)6-17-12(19)7-20-13(17)8-3-4-9(14)10(15)5-8/h3-5,13H,6-7H2,1-2H3/t13-/m0/s1. The quantitative estimate of drug-likeness (QED) is 0.854. The van der Waals surface area contributed by atoms with E-state index >= 15 is 0 Å².